The van der Waals surface area contributed by atoms with Gasteiger partial charge < -0.3 is 20.9 Å². The number of hydrogen-bond acceptors (Lipinski definition) is 4. The third kappa shape index (κ3) is 5.04. The van der Waals surface area contributed by atoms with Gasteiger partial charge in [-0.05, 0) is 23.6 Å². The van der Waals surface area contributed by atoms with E-state index in [9.17, 15) is 14.7 Å². The van der Waals surface area contributed by atoms with Crippen molar-refractivity contribution in [1.29, 1.82) is 0 Å². The molecular weight excluding hydrogens is 284 g/mol. The van der Waals surface area contributed by atoms with E-state index in [1.807, 2.05) is 13.8 Å². The van der Waals surface area contributed by atoms with E-state index in [4.69, 9.17) is 10.5 Å². The monoisotopic (exact) mass is 308 g/mol. The Balaban J connectivity index is 2.73. The van der Waals surface area contributed by atoms with E-state index in [-0.39, 0.29) is 12.3 Å². The maximum atomic E-state index is 12.0. The predicted molar refractivity (Wildman–Crippen MR) is 83.7 cm³/mol. The van der Waals surface area contributed by atoms with Crippen LogP contribution in [0.3, 0.4) is 0 Å². The van der Waals surface area contributed by atoms with E-state index >= 15 is 0 Å². The van der Waals surface area contributed by atoms with Gasteiger partial charge in [0.25, 0.3) is 0 Å². The fourth-order valence-electron chi connectivity index (χ4n) is 1.98. The number of nitrogens with one attached hydrogen (secondary N) is 1. The van der Waals surface area contributed by atoms with Crippen molar-refractivity contribution in [3.8, 4) is 5.75 Å². The lowest BCUT2D eigenvalue weighted by atomic mass is 9.98. The van der Waals surface area contributed by atoms with Crippen LogP contribution in [0.25, 0.3) is 0 Å². The molecule has 1 rings (SSSR count). The van der Waals surface area contributed by atoms with Crippen LogP contribution in [0.2, 0.25) is 0 Å². The minimum atomic E-state index is -1.08. The Kier molecular flexibility index (Phi) is 6.85. The van der Waals surface area contributed by atoms with Crippen molar-refractivity contribution in [3.63, 3.8) is 0 Å². The van der Waals surface area contributed by atoms with Gasteiger partial charge in [0.1, 0.15) is 11.8 Å². The third-order valence-electron chi connectivity index (χ3n) is 3.77. The van der Waals surface area contributed by atoms with Crippen LogP contribution < -0.4 is 15.8 Å². The zero-order valence-electron chi connectivity index (χ0n) is 13.2. The highest BCUT2D eigenvalue weighted by atomic mass is 16.5. The van der Waals surface area contributed by atoms with Gasteiger partial charge in [-0.3, -0.25) is 4.79 Å². The Morgan fingerprint density at radius 1 is 1.32 bits per heavy atom. The first-order chi connectivity index (χ1) is 10.4. The number of methoxy groups -OCH3 is 1. The number of carboxylic acids is 1. The highest BCUT2D eigenvalue weighted by Gasteiger charge is 2.25. The Bertz CT molecular complexity index is 501. The van der Waals surface area contributed by atoms with Crippen LogP contribution in [-0.2, 0) is 16.0 Å². The van der Waals surface area contributed by atoms with Gasteiger partial charge in [-0.15, -0.1) is 0 Å². The van der Waals surface area contributed by atoms with Gasteiger partial charge in [0.05, 0.1) is 13.2 Å². The van der Waals surface area contributed by atoms with Crippen LogP contribution in [-0.4, -0.2) is 36.2 Å². The summed E-state index contributed by atoms with van der Waals surface area (Å²) in [6.07, 6.45) is 0.948. The van der Waals surface area contributed by atoms with Crippen LogP contribution in [0, 0.1) is 5.92 Å². The average molecular weight is 308 g/mol. The van der Waals surface area contributed by atoms with E-state index in [0.717, 1.165) is 12.0 Å². The molecule has 1 amide bonds. The Hall–Kier alpha value is -2.08. The van der Waals surface area contributed by atoms with E-state index in [2.05, 4.69) is 5.32 Å². The lowest BCUT2D eigenvalue weighted by Crippen LogP contribution is -2.51. The molecule has 0 saturated heterocycles. The molecule has 0 aromatic heterocycles. The molecule has 0 saturated carbocycles. The van der Waals surface area contributed by atoms with Crippen molar-refractivity contribution >= 4 is 11.9 Å². The van der Waals surface area contributed by atoms with Gasteiger partial charge in [0.15, 0.2) is 0 Å². The fourth-order valence-corrected chi connectivity index (χ4v) is 1.98. The summed E-state index contributed by atoms with van der Waals surface area (Å²) in [6.45, 7) is 3.80. The SMILES string of the molecule is CC[C@H](C)[C@H](N)C(=O)N[C@@H](Cc1ccc(OC)cc1)C(=O)O. The lowest BCUT2D eigenvalue weighted by molar-refractivity contribution is -0.142. The first kappa shape index (κ1) is 18.0. The molecule has 0 aliphatic heterocycles. The second kappa shape index (κ2) is 8.38. The van der Waals surface area contributed by atoms with E-state index in [1.54, 1.807) is 31.4 Å². The normalized spacial score (nSPS) is 14.7. The molecule has 22 heavy (non-hydrogen) atoms. The molecule has 1 aromatic rings. The summed E-state index contributed by atoms with van der Waals surface area (Å²) in [5.41, 5.74) is 6.63. The molecule has 1 aromatic carbocycles. The fraction of sp³-hybridized carbons (Fsp3) is 0.500. The molecular formula is C16H24N2O4. The molecule has 6 heteroatoms. The minimum Gasteiger partial charge on any atom is -0.497 e. The van der Waals surface area contributed by atoms with Crippen molar-refractivity contribution in [2.24, 2.45) is 11.7 Å². The first-order valence-electron chi connectivity index (χ1n) is 7.30. The number of carbonyl (C=O) groups is 2. The maximum Gasteiger partial charge on any atom is 0.326 e. The number of carboxylic acid groups (broad SMARTS) is 1. The molecule has 0 spiro atoms. The zero-order valence-corrected chi connectivity index (χ0v) is 13.2. The lowest BCUT2D eigenvalue weighted by Gasteiger charge is -2.21. The van der Waals surface area contributed by atoms with Crippen LogP contribution in [0.5, 0.6) is 5.75 Å². The number of benzene rings is 1. The van der Waals surface area contributed by atoms with Crippen molar-refractivity contribution in [2.75, 3.05) is 7.11 Å². The molecule has 0 aliphatic rings. The van der Waals surface area contributed by atoms with Crippen LogP contribution in [0.4, 0.5) is 0 Å². The van der Waals surface area contributed by atoms with Crippen molar-refractivity contribution < 1.29 is 19.4 Å². The summed E-state index contributed by atoms with van der Waals surface area (Å²) < 4.78 is 5.05. The largest absolute Gasteiger partial charge is 0.497 e. The second-order valence-electron chi connectivity index (χ2n) is 5.36. The molecule has 0 heterocycles. The number of rotatable bonds is 8. The summed E-state index contributed by atoms with van der Waals surface area (Å²) >= 11 is 0. The van der Waals surface area contributed by atoms with Gasteiger partial charge in [-0.1, -0.05) is 32.4 Å². The highest BCUT2D eigenvalue weighted by molar-refractivity contribution is 5.87. The van der Waals surface area contributed by atoms with Crippen molar-refractivity contribution in [3.05, 3.63) is 29.8 Å². The summed E-state index contributed by atoms with van der Waals surface area (Å²) in [6, 6.07) is 5.34. The number of ether oxygens (including phenoxy) is 1. The third-order valence-corrected chi connectivity index (χ3v) is 3.77. The first-order valence-corrected chi connectivity index (χ1v) is 7.30. The average Bonchev–Trinajstić information content (AvgIpc) is 2.53. The summed E-state index contributed by atoms with van der Waals surface area (Å²) in [7, 11) is 1.56. The van der Waals surface area contributed by atoms with Gasteiger partial charge in [-0.2, -0.15) is 0 Å². The van der Waals surface area contributed by atoms with E-state index < -0.39 is 24.0 Å². The Morgan fingerprint density at radius 2 is 1.91 bits per heavy atom. The topological polar surface area (TPSA) is 102 Å². The molecule has 6 nitrogen and oxygen atoms in total. The van der Waals surface area contributed by atoms with Gasteiger partial charge in [0, 0.05) is 6.42 Å². The molecule has 0 bridgehead atoms. The second-order valence-corrected chi connectivity index (χ2v) is 5.36. The Morgan fingerprint density at radius 3 is 2.36 bits per heavy atom. The quantitative estimate of drug-likeness (QED) is 0.669. The number of carbonyl (C=O) groups excluding carboxylic acids is 1. The zero-order chi connectivity index (χ0) is 16.7. The number of nitrogens with two attached hydrogens (primary N) is 1. The summed E-state index contributed by atoms with van der Waals surface area (Å²) in [5, 5.41) is 11.8. The minimum absolute atomic E-state index is 0.00423. The van der Waals surface area contributed by atoms with Crippen LogP contribution in [0.15, 0.2) is 24.3 Å². The summed E-state index contributed by atoms with van der Waals surface area (Å²) in [5.74, 6) is -0.829. The van der Waals surface area contributed by atoms with Gasteiger partial charge in [0.2, 0.25) is 5.91 Å². The van der Waals surface area contributed by atoms with Crippen LogP contribution in [0.1, 0.15) is 25.8 Å². The molecule has 3 atom stereocenters. The standard InChI is InChI=1S/C16H24N2O4/c1-4-10(2)14(17)15(19)18-13(16(20)21)9-11-5-7-12(22-3)8-6-11/h5-8,10,13-14H,4,9,17H2,1-3H3,(H,18,19)(H,20,21)/t10-,13-,14-/m0/s1. The summed E-state index contributed by atoms with van der Waals surface area (Å²) in [4.78, 5) is 23.4. The molecule has 0 aliphatic carbocycles. The van der Waals surface area contributed by atoms with E-state index in [0.29, 0.717) is 5.75 Å². The highest BCUT2D eigenvalue weighted by Crippen LogP contribution is 2.13. The van der Waals surface area contributed by atoms with E-state index in [1.165, 1.54) is 0 Å². The predicted octanol–water partition coefficient (Wildman–Crippen LogP) is 1.18. The molecule has 0 unspecified atom stereocenters. The maximum absolute atomic E-state index is 12.0. The molecule has 4 N–H and O–H groups in total. The molecule has 0 fully saturated rings. The Labute approximate surface area is 130 Å². The van der Waals surface area contributed by atoms with Gasteiger partial charge >= 0.3 is 5.97 Å². The van der Waals surface area contributed by atoms with Crippen molar-refractivity contribution in [2.45, 2.75) is 38.8 Å². The van der Waals surface area contributed by atoms with Crippen molar-refractivity contribution in [1.82, 2.24) is 5.32 Å². The number of hydrogen-bond donors (Lipinski definition) is 3. The number of amides is 1. The van der Waals surface area contributed by atoms with Crippen LogP contribution >= 0.6 is 0 Å². The number of aliphatic carboxylic acids is 1. The molecule has 0 radical (unpaired) electrons. The molecule has 122 valence electrons. The smallest absolute Gasteiger partial charge is 0.326 e. The van der Waals surface area contributed by atoms with Gasteiger partial charge in [-0.25, -0.2) is 4.79 Å².